The Labute approximate surface area is 75.3 Å². The number of ether oxygens (including phenoxy) is 1. The van der Waals surface area contributed by atoms with Gasteiger partial charge in [0.25, 0.3) is 0 Å². The molecule has 0 aromatic heterocycles. The third-order valence-corrected chi connectivity index (χ3v) is 1.82. The Balaban J connectivity index is 3.20. The fraction of sp³-hybridized carbons (Fsp3) is 0.900. The number of carbonyl (C=O) groups is 1. The topological polar surface area (TPSA) is 26.3 Å². The molecule has 0 aromatic carbocycles. The summed E-state index contributed by atoms with van der Waals surface area (Å²) in [6.45, 7) is 4.93. The summed E-state index contributed by atoms with van der Waals surface area (Å²) in [7, 11) is 1.63. The lowest BCUT2D eigenvalue weighted by Gasteiger charge is -2.03. The van der Waals surface area contributed by atoms with E-state index in [-0.39, 0.29) is 0 Å². The van der Waals surface area contributed by atoms with Gasteiger partial charge in [-0.05, 0) is 12.3 Å². The number of carbonyl (C=O) groups excluding carboxylic acids is 1. The van der Waals surface area contributed by atoms with Crippen LogP contribution >= 0.6 is 0 Å². The first kappa shape index (κ1) is 11.6. The molecule has 0 atom stereocenters. The first-order valence-corrected chi connectivity index (χ1v) is 4.67. The molecule has 0 aliphatic carbocycles. The predicted molar refractivity (Wildman–Crippen MR) is 50.2 cm³/mol. The standard InChI is InChI=1S/C10H20O2/c1-9(2)5-4-6-10(11)7-8-12-3/h9H,4-8H2,1-3H3. The lowest BCUT2D eigenvalue weighted by molar-refractivity contribution is -0.120. The zero-order chi connectivity index (χ0) is 9.40. The summed E-state index contributed by atoms with van der Waals surface area (Å²) in [4.78, 5) is 11.1. The highest BCUT2D eigenvalue weighted by Crippen LogP contribution is 2.07. The van der Waals surface area contributed by atoms with E-state index < -0.39 is 0 Å². The van der Waals surface area contributed by atoms with E-state index in [0.717, 1.165) is 19.3 Å². The van der Waals surface area contributed by atoms with Crippen molar-refractivity contribution in [3.05, 3.63) is 0 Å². The fourth-order valence-corrected chi connectivity index (χ4v) is 1.05. The van der Waals surface area contributed by atoms with E-state index in [2.05, 4.69) is 13.8 Å². The van der Waals surface area contributed by atoms with E-state index in [4.69, 9.17) is 4.74 Å². The predicted octanol–water partition coefficient (Wildman–Crippen LogP) is 2.42. The van der Waals surface area contributed by atoms with Gasteiger partial charge < -0.3 is 4.74 Å². The Kier molecular flexibility index (Phi) is 7.06. The molecule has 0 amide bonds. The van der Waals surface area contributed by atoms with Gasteiger partial charge in [-0.1, -0.05) is 20.3 Å². The second-order valence-corrected chi connectivity index (χ2v) is 3.57. The van der Waals surface area contributed by atoms with Crippen LogP contribution in [-0.2, 0) is 9.53 Å². The molecule has 0 aliphatic rings. The first-order valence-electron chi connectivity index (χ1n) is 4.67. The van der Waals surface area contributed by atoms with Crippen molar-refractivity contribution >= 4 is 5.78 Å². The third kappa shape index (κ3) is 7.73. The molecule has 0 heterocycles. The van der Waals surface area contributed by atoms with E-state index >= 15 is 0 Å². The summed E-state index contributed by atoms with van der Waals surface area (Å²) >= 11 is 0. The number of hydrogen-bond donors (Lipinski definition) is 0. The van der Waals surface area contributed by atoms with E-state index in [1.54, 1.807) is 7.11 Å². The molecule has 0 spiro atoms. The molecule has 0 aliphatic heterocycles. The van der Waals surface area contributed by atoms with Crippen molar-refractivity contribution in [2.75, 3.05) is 13.7 Å². The van der Waals surface area contributed by atoms with Gasteiger partial charge in [0.05, 0.1) is 6.61 Å². The second-order valence-electron chi connectivity index (χ2n) is 3.57. The van der Waals surface area contributed by atoms with Gasteiger partial charge in [-0.15, -0.1) is 0 Å². The lowest BCUT2D eigenvalue weighted by Crippen LogP contribution is -2.02. The molecule has 0 aromatic rings. The molecule has 2 heteroatoms. The molecule has 2 nitrogen and oxygen atoms in total. The van der Waals surface area contributed by atoms with Crippen molar-refractivity contribution in [1.82, 2.24) is 0 Å². The fourth-order valence-electron chi connectivity index (χ4n) is 1.05. The molecule has 0 radical (unpaired) electrons. The normalized spacial score (nSPS) is 10.7. The van der Waals surface area contributed by atoms with Crippen LogP contribution in [0.15, 0.2) is 0 Å². The number of hydrogen-bond acceptors (Lipinski definition) is 2. The highest BCUT2D eigenvalue weighted by molar-refractivity contribution is 5.78. The van der Waals surface area contributed by atoms with Crippen molar-refractivity contribution in [2.24, 2.45) is 5.92 Å². The maximum atomic E-state index is 11.1. The van der Waals surface area contributed by atoms with Crippen LogP contribution in [0.4, 0.5) is 0 Å². The summed E-state index contributed by atoms with van der Waals surface area (Å²) in [6, 6.07) is 0. The van der Waals surface area contributed by atoms with Crippen molar-refractivity contribution < 1.29 is 9.53 Å². The van der Waals surface area contributed by atoms with Crippen LogP contribution in [-0.4, -0.2) is 19.5 Å². The third-order valence-electron chi connectivity index (χ3n) is 1.82. The Bertz CT molecular complexity index is 119. The first-order chi connectivity index (χ1) is 5.66. The number of methoxy groups -OCH3 is 1. The molecule has 0 saturated heterocycles. The van der Waals surface area contributed by atoms with Crippen LogP contribution in [0, 0.1) is 5.92 Å². The summed E-state index contributed by atoms with van der Waals surface area (Å²) < 4.78 is 4.82. The minimum absolute atomic E-state index is 0.331. The van der Waals surface area contributed by atoms with Crippen LogP contribution in [0.1, 0.15) is 39.5 Å². The van der Waals surface area contributed by atoms with Crippen LogP contribution < -0.4 is 0 Å². The monoisotopic (exact) mass is 172 g/mol. The minimum Gasteiger partial charge on any atom is -0.384 e. The quantitative estimate of drug-likeness (QED) is 0.589. The summed E-state index contributed by atoms with van der Waals surface area (Å²) in [5, 5.41) is 0. The van der Waals surface area contributed by atoms with Crippen molar-refractivity contribution in [2.45, 2.75) is 39.5 Å². The molecular weight excluding hydrogens is 152 g/mol. The Morgan fingerprint density at radius 1 is 1.33 bits per heavy atom. The van der Waals surface area contributed by atoms with Crippen molar-refractivity contribution in [3.63, 3.8) is 0 Å². The van der Waals surface area contributed by atoms with Gasteiger partial charge >= 0.3 is 0 Å². The van der Waals surface area contributed by atoms with E-state index in [1.807, 2.05) is 0 Å². The molecule has 0 unspecified atom stereocenters. The number of Topliss-reactive ketones (excluding diaryl/α,β-unsaturated/α-hetero) is 1. The molecule has 0 saturated carbocycles. The minimum atomic E-state index is 0.331. The summed E-state index contributed by atoms with van der Waals surface area (Å²) in [5.41, 5.74) is 0. The van der Waals surface area contributed by atoms with E-state index in [0.29, 0.717) is 24.7 Å². The van der Waals surface area contributed by atoms with E-state index in [9.17, 15) is 4.79 Å². The van der Waals surface area contributed by atoms with Crippen LogP contribution in [0.3, 0.4) is 0 Å². The van der Waals surface area contributed by atoms with Gasteiger partial charge in [0, 0.05) is 20.0 Å². The van der Waals surface area contributed by atoms with Gasteiger partial charge in [-0.25, -0.2) is 0 Å². The second kappa shape index (κ2) is 7.29. The molecule has 0 rings (SSSR count). The molecule has 0 bridgehead atoms. The smallest absolute Gasteiger partial charge is 0.135 e. The zero-order valence-electron chi connectivity index (χ0n) is 8.43. The largest absolute Gasteiger partial charge is 0.384 e. The Morgan fingerprint density at radius 3 is 2.50 bits per heavy atom. The van der Waals surface area contributed by atoms with Crippen LogP contribution in [0.25, 0.3) is 0 Å². The van der Waals surface area contributed by atoms with Crippen molar-refractivity contribution in [3.8, 4) is 0 Å². The number of ketones is 1. The average molecular weight is 172 g/mol. The lowest BCUT2D eigenvalue weighted by atomic mass is 10.0. The van der Waals surface area contributed by atoms with Crippen molar-refractivity contribution in [1.29, 1.82) is 0 Å². The Hall–Kier alpha value is -0.370. The van der Waals surface area contributed by atoms with Gasteiger partial charge in [-0.2, -0.15) is 0 Å². The molecule has 72 valence electrons. The van der Waals surface area contributed by atoms with Gasteiger partial charge in [0.15, 0.2) is 0 Å². The SMILES string of the molecule is COCCC(=O)CCCC(C)C. The van der Waals surface area contributed by atoms with E-state index in [1.165, 1.54) is 0 Å². The maximum absolute atomic E-state index is 11.1. The molecule has 0 fully saturated rings. The maximum Gasteiger partial charge on any atom is 0.135 e. The summed E-state index contributed by atoms with van der Waals surface area (Å²) in [5.74, 6) is 1.04. The molecule has 0 N–H and O–H groups in total. The average Bonchev–Trinajstić information content (AvgIpc) is 2.00. The van der Waals surface area contributed by atoms with Gasteiger partial charge in [-0.3, -0.25) is 4.79 Å². The number of rotatable bonds is 7. The highest BCUT2D eigenvalue weighted by atomic mass is 16.5. The molecule has 12 heavy (non-hydrogen) atoms. The van der Waals surface area contributed by atoms with Crippen LogP contribution in [0.5, 0.6) is 0 Å². The van der Waals surface area contributed by atoms with Crippen LogP contribution in [0.2, 0.25) is 0 Å². The van der Waals surface area contributed by atoms with Gasteiger partial charge in [0.2, 0.25) is 0 Å². The Morgan fingerprint density at radius 2 is 2.00 bits per heavy atom. The van der Waals surface area contributed by atoms with Gasteiger partial charge in [0.1, 0.15) is 5.78 Å². The zero-order valence-corrected chi connectivity index (χ0v) is 8.43. The summed E-state index contributed by atoms with van der Waals surface area (Å²) in [6.07, 6.45) is 3.48. The molecular formula is C10H20O2. The highest BCUT2D eigenvalue weighted by Gasteiger charge is 2.01.